The van der Waals surface area contributed by atoms with Crippen molar-refractivity contribution >= 4 is 5.97 Å². The molecule has 4 atom stereocenters. The van der Waals surface area contributed by atoms with Crippen LogP contribution >= 0.6 is 0 Å². The van der Waals surface area contributed by atoms with Crippen LogP contribution in [0.3, 0.4) is 0 Å². The van der Waals surface area contributed by atoms with Crippen LogP contribution in [0.15, 0.2) is 30.3 Å². The molecule has 0 amide bonds. The van der Waals surface area contributed by atoms with Gasteiger partial charge in [-0.1, -0.05) is 57.5 Å². The van der Waals surface area contributed by atoms with E-state index in [9.17, 15) is 4.79 Å². The van der Waals surface area contributed by atoms with E-state index >= 15 is 0 Å². The summed E-state index contributed by atoms with van der Waals surface area (Å²) in [6.07, 6.45) is 3.89. The Balaban J connectivity index is 1.96. The van der Waals surface area contributed by atoms with Gasteiger partial charge in [0.05, 0.1) is 6.42 Å². The fourth-order valence-corrected chi connectivity index (χ4v) is 3.71. The number of hydrogen-bond donors (Lipinski definition) is 1. The molecule has 3 heteroatoms. The van der Waals surface area contributed by atoms with Gasteiger partial charge in [-0.15, -0.1) is 0 Å². The highest BCUT2D eigenvalue weighted by atomic mass is 16.5. The number of esters is 1. The molecule has 0 saturated heterocycles. The van der Waals surface area contributed by atoms with E-state index in [2.05, 4.69) is 26.1 Å². The molecule has 1 aliphatic rings. The number of rotatable bonds is 6. The van der Waals surface area contributed by atoms with Crippen molar-refractivity contribution in [2.75, 3.05) is 7.05 Å². The Bertz CT molecular complexity index is 486. The van der Waals surface area contributed by atoms with Crippen molar-refractivity contribution in [2.24, 2.45) is 17.8 Å². The summed E-state index contributed by atoms with van der Waals surface area (Å²) in [7, 11) is 1.89. The van der Waals surface area contributed by atoms with Crippen LogP contribution in [-0.4, -0.2) is 19.1 Å². The molecule has 1 aromatic carbocycles. The smallest absolute Gasteiger partial charge is 0.308 e. The second-order valence-corrected chi connectivity index (χ2v) is 7.31. The first-order valence-corrected chi connectivity index (χ1v) is 8.93. The number of benzene rings is 1. The molecule has 0 heterocycles. The molecule has 1 fully saturated rings. The molecule has 0 aromatic heterocycles. The Kier molecular flexibility index (Phi) is 6.64. The predicted octanol–water partition coefficient (Wildman–Crippen LogP) is 4.34. The maximum absolute atomic E-state index is 12.5. The van der Waals surface area contributed by atoms with Crippen LogP contribution in [0.25, 0.3) is 0 Å². The lowest BCUT2D eigenvalue weighted by molar-refractivity contribution is -0.156. The van der Waals surface area contributed by atoms with Crippen LogP contribution in [0.5, 0.6) is 0 Å². The molecule has 23 heavy (non-hydrogen) atoms. The van der Waals surface area contributed by atoms with Crippen molar-refractivity contribution in [1.82, 2.24) is 5.32 Å². The van der Waals surface area contributed by atoms with E-state index in [1.807, 2.05) is 37.4 Å². The van der Waals surface area contributed by atoms with Crippen LogP contribution < -0.4 is 5.32 Å². The first kappa shape index (κ1) is 18.0. The van der Waals surface area contributed by atoms with Crippen molar-refractivity contribution in [3.63, 3.8) is 0 Å². The van der Waals surface area contributed by atoms with Crippen LogP contribution in [0.1, 0.15) is 58.1 Å². The van der Waals surface area contributed by atoms with Gasteiger partial charge in [0.25, 0.3) is 0 Å². The third-order valence-corrected chi connectivity index (χ3v) is 5.17. The van der Waals surface area contributed by atoms with E-state index in [1.54, 1.807) is 0 Å². The van der Waals surface area contributed by atoms with Crippen molar-refractivity contribution in [1.29, 1.82) is 0 Å². The molecule has 3 nitrogen and oxygen atoms in total. The van der Waals surface area contributed by atoms with E-state index < -0.39 is 0 Å². The number of nitrogens with one attached hydrogen (secondary N) is 1. The zero-order valence-electron chi connectivity index (χ0n) is 14.9. The summed E-state index contributed by atoms with van der Waals surface area (Å²) in [6, 6.07) is 10.1. The van der Waals surface area contributed by atoms with Gasteiger partial charge in [0.15, 0.2) is 0 Å². The van der Waals surface area contributed by atoms with Gasteiger partial charge in [-0.05, 0) is 43.2 Å². The number of ether oxygens (including phenoxy) is 1. The Hall–Kier alpha value is -1.35. The maximum atomic E-state index is 12.5. The molecule has 0 bridgehead atoms. The van der Waals surface area contributed by atoms with Crippen molar-refractivity contribution in [3.8, 4) is 0 Å². The standard InChI is InChI=1S/C20H31NO2/c1-14(2)17-11-10-15(3)12-19(17)23-20(22)13-18(21-4)16-8-6-5-7-9-16/h5-9,14-15,17-19,21H,10-13H2,1-4H3/t15-,17+,18-,19-/m1/s1. The summed E-state index contributed by atoms with van der Waals surface area (Å²) >= 11 is 0. The molecule has 0 radical (unpaired) electrons. The number of carbonyl (C=O) groups is 1. The van der Waals surface area contributed by atoms with Crippen LogP contribution in [0, 0.1) is 17.8 Å². The van der Waals surface area contributed by atoms with Crippen LogP contribution in [0.2, 0.25) is 0 Å². The molecule has 128 valence electrons. The van der Waals surface area contributed by atoms with Gasteiger partial charge in [-0.2, -0.15) is 0 Å². The second kappa shape index (κ2) is 8.49. The van der Waals surface area contributed by atoms with E-state index in [0.717, 1.165) is 12.0 Å². The molecule has 0 spiro atoms. The molecule has 2 rings (SSSR count). The largest absolute Gasteiger partial charge is 0.462 e. The van der Waals surface area contributed by atoms with E-state index in [0.29, 0.717) is 24.2 Å². The lowest BCUT2D eigenvalue weighted by Gasteiger charge is -2.37. The minimum absolute atomic E-state index is 0.0159. The van der Waals surface area contributed by atoms with Gasteiger partial charge in [-0.25, -0.2) is 0 Å². The molecule has 1 N–H and O–H groups in total. The first-order valence-electron chi connectivity index (χ1n) is 8.93. The maximum Gasteiger partial charge on any atom is 0.308 e. The highest BCUT2D eigenvalue weighted by molar-refractivity contribution is 5.70. The number of carbonyl (C=O) groups excluding carboxylic acids is 1. The molecule has 0 unspecified atom stereocenters. The van der Waals surface area contributed by atoms with Gasteiger partial charge in [0, 0.05) is 6.04 Å². The molecule has 1 saturated carbocycles. The van der Waals surface area contributed by atoms with Gasteiger partial charge >= 0.3 is 5.97 Å². The first-order chi connectivity index (χ1) is 11.0. The molecule has 1 aliphatic carbocycles. The highest BCUT2D eigenvalue weighted by Crippen LogP contribution is 2.35. The summed E-state index contributed by atoms with van der Waals surface area (Å²) in [4.78, 5) is 12.5. The fourth-order valence-electron chi connectivity index (χ4n) is 3.71. The zero-order valence-corrected chi connectivity index (χ0v) is 14.9. The summed E-state index contributed by atoms with van der Waals surface area (Å²) in [6.45, 7) is 6.74. The summed E-state index contributed by atoms with van der Waals surface area (Å²) in [5.74, 6) is 1.63. The van der Waals surface area contributed by atoms with Crippen molar-refractivity contribution in [3.05, 3.63) is 35.9 Å². The second-order valence-electron chi connectivity index (χ2n) is 7.31. The predicted molar refractivity (Wildman–Crippen MR) is 94.1 cm³/mol. The topological polar surface area (TPSA) is 38.3 Å². The third kappa shape index (κ3) is 5.07. The van der Waals surface area contributed by atoms with Crippen molar-refractivity contribution < 1.29 is 9.53 Å². The van der Waals surface area contributed by atoms with E-state index in [4.69, 9.17) is 4.74 Å². The minimum atomic E-state index is -0.0852. The Morgan fingerprint density at radius 1 is 1.26 bits per heavy atom. The zero-order chi connectivity index (χ0) is 16.8. The highest BCUT2D eigenvalue weighted by Gasteiger charge is 2.33. The van der Waals surface area contributed by atoms with Crippen LogP contribution in [-0.2, 0) is 9.53 Å². The quantitative estimate of drug-likeness (QED) is 0.793. The number of hydrogen-bond acceptors (Lipinski definition) is 3. The molecule has 1 aromatic rings. The molecular weight excluding hydrogens is 286 g/mol. The SMILES string of the molecule is CN[C@H](CC(=O)O[C@@H]1C[C@H](C)CC[C@H]1C(C)C)c1ccccc1. The molecule has 0 aliphatic heterocycles. The summed E-state index contributed by atoms with van der Waals surface area (Å²) < 4.78 is 5.91. The van der Waals surface area contributed by atoms with Gasteiger partial charge in [-0.3, -0.25) is 4.79 Å². The fraction of sp³-hybridized carbons (Fsp3) is 0.650. The Morgan fingerprint density at radius 3 is 2.57 bits per heavy atom. The lowest BCUT2D eigenvalue weighted by Crippen LogP contribution is -2.36. The third-order valence-electron chi connectivity index (χ3n) is 5.17. The monoisotopic (exact) mass is 317 g/mol. The van der Waals surface area contributed by atoms with Gasteiger partial charge in [0.2, 0.25) is 0 Å². The van der Waals surface area contributed by atoms with Gasteiger partial charge < -0.3 is 10.1 Å². The average molecular weight is 317 g/mol. The minimum Gasteiger partial charge on any atom is -0.462 e. The average Bonchev–Trinajstić information content (AvgIpc) is 2.53. The Morgan fingerprint density at radius 2 is 1.96 bits per heavy atom. The van der Waals surface area contributed by atoms with Crippen LogP contribution in [0.4, 0.5) is 0 Å². The summed E-state index contributed by atoms with van der Waals surface area (Å²) in [5.41, 5.74) is 1.13. The molecular formula is C20H31NO2. The van der Waals surface area contributed by atoms with E-state index in [-0.39, 0.29) is 18.1 Å². The van der Waals surface area contributed by atoms with E-state index in [1.165, 1.54) is 12.8 Å². The normalized spacial score (nSPS) is 26.0. The summed E-state index contributed by atoms with van der Waals surface area (Å²) in [5, 5.41) is 3.23. The van der Waals surface area contributed by atoms with Gasteiger partial charge in [0.1, 0.15) is 6.10 Å². The Labute approximate surface area is 140 Å². The van der Waals surface area contributed by atoms with Crippen molar-refractivity contribution in [2.45, 2.75) is 58.6 Å². The lowest BCUT2D eigenvalue weighted by atomic mass is 9.75.